The summed E-state index contributed by atoms with van der Waals surface area (Å²) < 4.78 is 0. The quantitative estimate of drug-likeness (QED) is 0.392. The van der Waals surface area contributed by atoms with Gasteiger partial charge in [0.05, 0.1) is 6.20 Å². The van der Waals surface area contributed by atoms with Crippen LogP contribution in [0.15, 0.2) is 60.6 Å². The second kappa shape index (κ2) is 10.1. The lowest BCUT2D eigenvalue weighted by Crippen LogP contribution is -2.57. The molecule has 0 aliphatic heterocycles. The maximum absolute atomic E-state index is 6.32. The van der Waals surface area contributed by atoms with E-state index in [1.807, 2.05) is 32.4 Å². The molecular weight excluding hydrogens is 346 g/mol. The Morgan fingerprint density at radius 2 is 1.96 bits per heavy atom. The second-order valence-corrected chi connectivity index (χ2v) is 7.38. The lowest BCUT2D eigenvalue weighted by molar-refractivity contribution is 0.139. The van der Waals surface area contributed by atoms with E-state index >= 15 is 0 Å². The minimum absolute atomic E-state index is 0.418. The number of hydrogen-bond acceptors (Lipinski definition) is 4. The minimum atomic E-state index is -0.418. The zero-order valence-corrected chi connectivity index (χ0v) is 17.8. The normalized spacial score (nSPS) is 14.3. The highest BCUT2D eigenvalue weighted by Gasteiger charge is 2.38. The van der Waals surface area contributed by atoms with Crippen LogP contribution in [0.1, 0.15) is 57.6 Å². The number of hydrogen-bond donors (Lipinski definition) is 3. The molecule has 1 unspecified atom stereocenters. The molecule has 2 aromatic rings. The van der Waals surface area contributed by atoms with Gasteiger partial charge in [0, 0.05) is 29.7 Å². The number of aromatic nitrogens is 2. The molecule has 0 radical (unpaired) electrons. The van der Waals surface area contributed by atoms with E-state index in [4.69, 9.17) is 5.73 Å². The van der Waals surface area contributed by atoms with Crippen LogP contribution in [0, 0.1) is 0 Å². The second-order valence-electron chi connectivity index (χ2n) is 7.38. The zero-order chi connectivity index (χ0) is 20.6. The van der Waals surface area contributed by atoms with Crippen LogP contribution in [0.3, 0.4) is 0 Å². The van der Waals surface area contributed by atoms with Crippen LogP contribution >= 0.6 is 0 Å². The summed E-state index contributed by atoms with van der Waals surface area (Å²) in [6, 6.07) is 10.5. The van der Waals surface area contributed by atoms with E-state index in [1.165, 1.54) is 18.4 Å². The van der Waals surface area contributed by atoms with Crippen LogP contribution < -0.4 is 11.1 Å². The van der Waals surface area contributed by atoms with Gasteiger partial charge < -0.3 is 10.6 Å². The van der Waals surface area contributed by atoms with Gasteiger partial charge in [-0.15, -0.1) is 0 Å². The van der Waals surface area contributed by atoms with Crippen molar-refractivity contribution < 1.29 is 0 Å². The first-order valence-corrected chi connectivity index (χ1v) is 10.1. The van der Waals surface area contributed by atoms with E-state index in [9.17, 15) is 0 Å². The van der Waals surface area contributed by atoms with Gasteiger partial charge in [0.15, 0.2) is 0 Å². The third kappa shape index (κ3) is 4.84. The Morgan fingerprint density at radius 1 is 1.25 bits per heavy atom. The van der Waals surface area contributed by atoms with Gasteiger partial charge in [-0.05, 0) is 44.9 Å². The number of nitrogens with zero attached hydrogens (tertiary/aromatic N) is 2. The Hall–Kier alpha value is -2.53. The molecule has 0 bridgehead atoms. The van der Waals surface area contributed by atoms with Gasteiger partial charge >= 0.3 is 0 Å². The van der Waals surface area contributed by atoms with Crippen LogP contribution in [-0.2, 0) is 6.54 Å². The van der Waals surface area contributed by atoms with E-state index in [0.717, 1.165) is 41.9 Å². The molecule has 4 N–H and O–H groups in total. The number of H-pyrrole nitrogens is 1. The van der Waals surface area contributed by atoms with Gasteiger partial charge in [-0.1, -0.05) is 56.7 Å². The van der Waals surface area contributed by atoms with Crippen molar-refractivity contribution in [2.45, 2.75) is 58.7 Å². The van der Waals surface area contributed by atoms with E-state index in [-0.39, 0.29) is 0 Å². The molecular formula is C23H35N5. The molecule has 2 rings (SSSR count). The fraction of sp³-hybridized carbons (Fsp3) is 0.435. The summed E-state index contributed by atoms with van der Waals surface area (Å²) in [4.78, 5) is 2.34. The molecule has 5 heteroatoms. The SMILES string of the molecule is C=C(c1cn[nH]c1)N(Cc1ccccc1)C(CCCCC)(NC)/C(C)=C(\C)N. The lowest BCUT2D eigenvalue weighted by Gasteiger charge is -2.48. The lowest BCUT2D eigenvalue weighted by atomic mass is 9.89. The zero-order valence-electron chi connectivity index (χ0n) is 17.8. The Balaban J connectivity index is 2.55. The van der Waals surface area contributed by atoms with Crippen LogP contribution in [-0.4, -0.2) is 27.8 Å². The number of allylic oxidation sites excluding steroid dienone is 1. The first-order chi connectivity index (χ1) is 13.5. The first-order valence-electron chi connectivity index (χ1n) is 10.1. The number of likely N-dealkylation sites (N-methyl/N-ethyl adjacent to an activating group) is 1. The first kappa shape index (κ1) is 21.8. The highest BCUT2D eigenvalue weighted by molar-refractivity contribution is 5.62. The highest BCUT2D eigenvalue weighted by atomic mass is 15.3. The molecule has 0 saturated heterocycles. The van der Waals surface area contributed by atoms with Crippen LogP contribution in [0.5, 0.6) is 0 Å². The molecule has 1 aromatic heterocycles. The molecule has 1 heterocycles. The maximum atomic E-state index is 6.32. The molecule has 0 fully saturated rings. The average molecular weight is 382 g/mol. The van der Waals surface area contributed by atoms with Crippen molar-refractivity contribution in [1.29, 1.82) is 0 Å². The summed E-state index contributed by atoms with van der Waals surface area (Å²) in [7, 11) is 2.01. The molecule has 0 amide bonds. The monoisotopic (exact) mass is 381 g/mol. The van der Waals surface area contributed by atoms with E-state index in [2.05, 4.69) is 65.1 Å². The molecule has 1 aromatic carbocycles. The summed E-state index contributed by atoms with van der Waals surface area (Å²) >= 11 is 0. The summed E-state index contributed by atoms with van der Waals surface area (Å²) in [5, 5.41) is 10.7. The fourth-order valence-corrected chi connectivity index (χ4v) is 3.72. The minimum Gasteiger partial charge on any atom is -0.402 e. The van der Waals surface area contributed by atoms with E-state index in [1.54, 1.807) is 0 Å². The molecule has 152 valence electrons. The smallest absolute Gasteiger partial charge is 0.115 e. The molecule has 0 spiro atoms. The predicted octanol–water partition coefficient (Wildman–Crippen LogP) is 4.63. The van der Waals surface area contributed by atoms with Crippen molar-refractivity contribution in [2.24, 2.45) is 5.73 Å². The Morgan fingerprint density at radius 3 is 2.50 bits per heavy atom. The number of nitrogens with one attached hydrogen (secondary N) is 2. The molecule has 1 atom stereocenters. The maximum Gasteiger partial charge on any atom is 0.115 e. The van der Waals surface area contributed by atoms with Gasteiger partial charge in [0.1, 0.15) is 5.66 Å². The highest BCUT2D eigenvalue weighted by Crippen LogP contribution is 2.36. The van der Waals surface area contributed by atoms with E-state index in [0.29, 0.717) is 0 Å². The summed E-state index contributed by atoms with van der Waals surface area (Å²) in [5.41, 5.74) is 11.0. The van der Waals surface area contributed by atoms with Crippen molar-refractivity contribution in [1.82, 2.24) is 20.4 Å². The van der Waals surface area contributed by atoms with Gasteiger partial charge in [0.25, 0.3) is 0 Å². The third-order valence-corrected chi connectivity index (χ3v) is 5.57. The van der Waals surface area contributed by atoms with Gasteiger partial charge in [0.2, 0.25) is 0 Å². The summed E-state index contributed by atoms with van der Waals surface area (Å²) in [6.07, 6.45) is 8.11. The number of benzene rings is 1. The number of aromatic amines is 1. The van der Waals surface area contributed by atoms with Crippen molar-refractivity contribution >= 4 is 5.70 Å². The van der Waals surface area contributed by atoms with Crippen LogP contribution in [0.4, 0.5) is 0 Å². The van der Waals surface area contributed by atoms with Gasteiger partial charge in [-0.3, -0.25) is 10.4 Å². The number of rotatable bonds is 11. The van der Waals surface area contributed by atoms with Crippen LogP contribution in [0.2, 0.25) is 0 Å². The van der Waals surface area contributed by atoms with Crippen molar-refractivity contribution in [3.05, 3.63) is 71.7 Å². The summed E-state index contributed by atoms with van der Waals surface area (Å²) in [6.45, 7) is 11.5. The number of unbranched alkanes of at least 4 members (excludes halogenated alkanes) is 2. The Bertz CT molecular complexity index is 760. The molecule has 28 heavy (non-hydrogen) atoms. The molecule has 0 saturated carbocycles. The predicted molar refractivity (Wildman–Crippen MR) is 118 cm³/mol. The topological polar surface area (TPSA) is 70.0 Å². The van der Waals surface area contributed by atoms with Crippen LogP contribution in [0.25, 0.3) is 5.70 Å². The van der Waals surface area contributed by atoms with E-state index < -0.39 is 5.66 Å². The van der Waals surface area contributed by atoms with Gasteiger partial charge in [-0.2, -0.15) is 5.10 Å². The average Bonchev–Trinajstić information content (AvgIpc) is 3.25. The molecule has 0 aliphatic rings. The van der Waals surface area contributed by atoms with Crippen molar-refractivity contribution in [3.8, 4) is 0 Å². The largest absolute Gasteiger partial charge is 0.402 e. The Kier molecular flexibility index (Phi) is 7.88. The third-order valence-electron chi connectivity index (χ3n) is 5.57. The molecule has 5 nitrogen and oxygen atoms in total. The summed E-state index contributed by atoms with van der Waals surface area (Å²) in [5.74, 6) is 0. The number of nitrogens with two attached hydrogens (primary N) is 1. The van der Waals surface area contributed by atoms with Gasteiger partial charge in [-0.25, -0.2) is 0 Å². The Labute approximate surface area is 169 Å². The molecule has 0 aliphatic carbocycles. The standard InChI is InChI=1S/C23H35N5/c1-6-7-11-14-23(25-5,18(2)19(3)24)28(17-21-12-9-8-10-13-21)20(4)22-15-26-27-16-22/h8-10,12-13,15-16,25H,4,6-7,11,14,17,24H2,1-3,5H3,(H,26,27)/b19-18+. The fourth-order valence-electron chi connectivity index (χ4n) is 3.72. The van der Waals surface area contributed by atoms with Crippen molar-refractivity contribution in [3.63, 3.8) is 0 Å². The van der Waals surface area contributed by atoms with Crippen molar-refractivity contribution in [2.75, 3.05) is 7.05 Å².